The van der Waals surface area contributed by atoms with Crippen molar-refractivity contribution in [3.05, 3.63) is 59.7 Å². The summed E-state index contributed by atoms with van der Waals surface area (Å²) in [6.07, 6.45) is 0.908. The van der Waals surface area contributed by atoms with Crippen molar-refractivity contribution in [3.8, 4) is 5.75 Å². The number of aryl methyl sites for hydroxylation is 2. The fourth-order valence-electron chi connectivity index (χ4n) is 2.29. The van der Waals surface area contributed by atoms with E-state index in [-0.39, 0.29) is 18.4 Å². The summed E-state index contributed by atoms with van der Waals surface area (Å²) in [4.78, 5) is 34.3. The van der Waals surface area contributed by atoms with Crippen LogP contribution in [-0.2, 0) is 20.8 Å². The molecule has 0 atom stereocenters. The van der Waals surface area contributed by atoms with Gasteiger partial charge >= 0.3 is 5.97 Å². The second-order valence-corrected chi connectivity index (χ2v) is 6.02. The number of hydrogen-bond donors (Lipinski definition) is 3. The number of hydrogen-bond acceptors (Lipinski definition) is 4. The van der Waals surface area contributed by atoms with Gasteiger partial charge in [-0.2, -0.15) is 0 Å². The molecule has 0 bridgehead atoms. The molecule has 0 saturated heterocycles. The number of carboxylic acid groups (broad SMARTS) is 1. The van der Waals surface area contributed by atoms with Crippen molar-refractivity contribution in [2.75, 3.05) is 18.5 Å². The Kier molecular flexibility index (Phi) is 7.37. The standard InChI is InChI=1S/C20H22N2O5/c1-14-5-7-15(8-6-14)9-10-18(23)21-12-19(24)22-16-3-2-4-17(11-16)27-13-20(25)26/h2-8,11H,9-10,12-13H2,1H3,(H,21,23)(H,22,24)(H,25,26). The lowest BCUT2D eigenvalue weighted by molar-refractivity contribution is -0.139. The lowest BCUT2D eigenvalue weighted by atomic mass is 10.1. The number of anilines is 1. The molecular weight excluding hydrogens is 348 g/mol. The summed E-state index contributed by atoms with van der Waals surface area (Å²) < 4.78 is 5.05. The maximum absolute atomic E-state index is 11.9. The molecule has 0 spiro atoms. The van der Waals surface area contributed by atoms with Crippen LogP contribution in [0.1, 0.15) is 17.5 Å². The largest absolute Gasteiger partial charge is 0.482 e. The zero-order valence-corrected chi connectivity index (χ0v) is 15.0. The molecule has 0 heterocycles. The van der Waals surface area contributed by atoms with E-state index in [1.807, 2.05) is 31.2 Å². The number of aliphatic carboxylic acids is 1. The molecule has 2 aromatic rings. The molecule has 0 aliphatic heterocycles. The van der Waals surface area contributed by atoms with Gasteiger partial charge in [-0.05, 0) is 31.0 Å². The molecule has 0 saturated carbocycles. The van der Waals surface area contributed by atoms with Gasteiger partial charge in [0.1, 0.15) is 5.75 Å². The van der Waals surface area contributed by atoms with Gasteiger partial charge < -0.3 is 20.5 Å². The van der Waals surface area contributed by atoms with Crippen molar-refractivity contribution < 1.29 is 24.2 Å². The number of benzene rings is 2. The average molecular weight is 370 g/mol. The SMILES string of the molecule is Cc1ccc(CCC(=O)NCC(=O)Nc2cccc(OCC(=O)O)c2)cc1. The minimum Gasteiger partial charge on any atom is -0.482 e. The first-order valence-corrected chi connectivity index (χ1v) is 8.49. The van der Waals surface area contributed by atoms with Crippen LogP contribution in [0.2, 0.25) is 0 Å². The molecule has 0 radical (unpaired) electrons. The van der Waals surface area contributed by atoms with E-state index in [0.29, 0.717) is 24.3 Å². The van der Waals surface area contributed by atoms with Crippen LogP contribution in [0.5, 0.6) is 5.75 Å². The van der Waals surface area contributed by atoms with Crippen LogP contribution in [0.4, 0.5) is 5.69 Å². The molecule has 2 amide bonds. The first-order chi connectivity index (χ1) is 12.9. The fraction of sp³-hybridized carbons (Fsp3) is 0.250. The van der Waals surface area contributed by atoms with Gasteiger partial charge in [-0.25, -0.2) is 4.79 Å². The van der Waals surface area contributed by atoms with E-state index in [4.69, 9.17) is 9.84 Å². The fourth-order valence-corrected chi connectivity index (χ4v) is 2.29. The van der Waals surface area contributed by atoms with Gasteiger partial charge in [-0.1, -0.05) is 35.9 Å². The highest BCUT2D eigenvalue weighted by molar-refractivity contribution is 5.94. The summed E-state index contributed by atoms with van der Waals surface area (Å²) in [6.45, 7) is 1.39. The van der Waals surface area contributed by atoms with Crippen LogP contribution in [0.15, 0.2) is 48.5 Å². The summed E-state index contributed by atoms with van der Waals surface area (Å²) >= 11 is 0. The highest BCUT2D eigenvalue weighted by Crippen LogP contribution is 2.17. The van der Waals surface area contributed by atoms with Gasteiger partial charge in [0.25, 0.3) is 0 Å². The number of ether oxygens (including phenoxy) is 1. The molecule has 0 fully saturated rings. The van der Waals surface area contributed by atoms with Gasteiger partial charge in [0.15, 0.2) is 6.61 Å². The third kappa shape index (κ3) is 7.60. The molecule has 27 heavy (non-hydrogen) atoms. The Labute approximate surface area is 157 Å². The topological polar surface area (TPSA) is 105 Å². The van der Waals surface area contributed by atoms with Crippen LogP contribution in [-0.4, -0.2) is 36.0 Å². The summed E-state index contributed by atoms with van der Waals surface area (Å²) in [5, 5.41) is 13.8. The minimum atomic E-state index is -1.09. The number of nitrogens with one attached hydrogen (secondary N) is 2. The van der Waals surface area contributed by atoms with Gasteiger partial charge in [-0.3, -0.25) is 9.59 Å². The number of amides is 2. The zero-order valence-electron chi connectivity index (χ0n) is 15.0. The molecule has 0 aliphatic rings. The number of carbonyl (C=O) groups is 3. The molecule has 7 heteroatoms. The normalized spacial score (nSPS) is 10.1. The van der Waals surface area contributed by atoms with Crippen LogP contribution >= 0.6 is 0 Å². The van der Waals surface area contributed by atoms with Gasteiger partial charge in [-0.15, -0.1) is 0 Å². The summed E-state index contributed by atoms with van der Waals surface area (Å²) in [7, 11) is 0. The first kappa shape index (κ1) is 20.0. The lowest BCUT2D eigenvalue weighted by Crippen LogP contribution is -2.32. The smallest absolute Gasteiger partial charge is 0.341 e. The summed E-state index contributed by atoms with van der Waals surface area (Å²) in [5.41, 5.74) is 2.69. The molecule has 7 nitrogen and oxygen atoms in total. The van der Waals surface area contributed by atoms with Gasteiger partial charge in [0.2, 0.25) is 11.8 Å². The highest BCUT2D eigenvalue weighted by Gasteiger charge is 2.07. The van der Waals surface area contributed by atoms with Crippen molar-refractivity contribution in [1.82, 2.24) is 5.32 Å². The molecule has 0 aliphatic carbocycles. The van der Waals surface area contributed by atoms with E-state index < -0.39 is 12.6 Å². The van der Waals surface area contributed by atoms with Crippen molar-refractivity contribution in [1.29, 1.82) is 0 Å². The Morgan fingerprint density at radius 2 is 1.78 bits per heavy atom. The van der Waals surface area contributed by atoms with Crippen LogP contribution in [0, 0.1) is 6.92 Å². The molecule has 2 rings (SSSR count). The zero-order chi connectivity index (χ0) is 19.6. The molecular formula is C20H22N2O5. The predicted octanol–water partition coefficient (Wildman–Crippen LogP) is 2.15. The quantitative estimate of drug-likeness (QED) is 0.627. The molecule has 3 N–H and O–H groups in total. The van der Waals surface area contributed by atoms with E-state index in [0.717, 1.165) is 11.1 Å². The Bertz CT molecular complexity index is 802. The van der Waals surface area contributed by atoms with E-state index >= 15 is 0 Å². The molecule has 2 aromatic carbocycles. The van der Waals surface area contributed by atoms with E-state index in [9.17, 15) is 14.4 Å². The van der Waals surface area contributed by atoms with Crippen LogP contribution < -0.4 is 15.4 Å². The maximum atomic E-state index is 11.9. The Morgan fingerprint density at radius 3 is 2.48 bits per heavy atom. The highest BCUT2D eigenvalue weighted by atomic mass is 16.5. The number of carbonyl (C=O) groups excluding carboxylic acids is 2. The van der Waals surface area contributed by atoms with Crippen molar-refractivity contribution in [3.63, 3.8) is 0 Å². The van der Waals surface area contributed by atoms with E-state index in [1.54, 1.807) is 18.2 Å². The van der Waals surface area contributed by atoms with Gasteiger partial charge in [0, 0.05) is 18.2 Å². The molecule has 0 unspecified atom stereocenters. The minimum absolute atomic E-state index is 0.146. The molecule has 142 valence electrons. The van der Waals surface area contributed by atoms with Crippen molar-refractivity contribution in [2.24, 2.45) is 0 Å². The second kappa shape index (κ2) is 9.96. The second-order valence-electron chi connectivity index (χ2n) is 6.02. The third-order valence-electron chi connectivity index (χ3n) is 3.69. The summed E-state index contributed by atoms with van der Waals surface area (Å²) in [5.74, 6) is -1.34. The van der Waals surface area contributed by atoms with E-state index in [2.05, 4.69) is 10.6 Å². The van der Waals surface area contributed by atoms with Crippen molar-refractivity contribution >= 4 is 23.5 Å². The summed E-state index contributed by atoms with van der Waals surface area (Å²) in [6, 6.07) is 14.3. The Hall–Kier alpha value is -3.35. The maximum Gasteiger partial charge on any atom is 0.341 e. The average Bonchev–Trinajstić information content (AvgIpc) is 2.64. The van der Waals surface area contributed by atoms with Crippen LogP contribution in [0.3, 0.4) is 0 Å². The Balaban J connectivity index is 1.73. The number of rotatable bonds is 9. The third-order valence-corrected chi connectivity index (χ3v) is 3.69. The lowest BCUT2D eigenvalue weighted by Gasteiger charge is -2.09. The predicted molar refractivity (Wildman–Crippen MR) is 101 cm³/mol. The van der Waals surface area contributed by atoms with Gasteiger partial charge in [0.05, 0.1) is 6.54 Å². The Morgan fingerprint density at radius 1 is 1.04 bits per heavy atom. The van der Waals surface area contributed by atoms with Crippen molar-refractivity contribution in [2.45, 2.75) is 19.8 Å². The first-order valence-electron chi connectivity index (χ1n) is 8.49. The van der Waals surface area contributed by atoms with E-state index in [1.165, 1.54) is 6.07 Å². The van der Waals surface area contributed by atoms with Crippen LogP contribution in [0.25, 0.3) is 0 Å². The molecule has 0 aromatic heterocycles. The monoisotopic (exact) mass is 370 g/mol. The number of carboxylic acids is 1.